The predicted molar refractivity (Wildman–Crippen MR) is 106 cm³/mol. The molecule has 1 aromatic heterocycles. The molecule has 0 spiro atoms. The summed E-state index contributed by atoms with van der Waals surface area (Å²) >= 11 is 1.27. The summed E-state index contributed by atoms with van der Waals surface area (Å²) in [5.74, 6) is 0.135. The lowest BCUT2D eigenvalue weighted by atomic mass is 10.1. The Hall–Kier alpha value is -2.60. The molecule has 0 saturated heterocycles. The third-order valence-electron chi connectivity index (χ3n) is 4.04. The molecule has 3 rings (SSSR count). The van der Waals surface area contributed by atoms with Crippen LogP contribution >= 0.6 is 11.8 Å². The minimum absolute atomic E-state index is 0.0768. The smallest absolute Gasteiger partial charge is 0.266 e. The third kappa shape index (κ3) is 3.65. The molecule has 1 amide bonds. The van der Waals surface area contributed by atoms with Crippen molar-refractivity contribution in [3.8, 4) is 5.69 Å². The summed E-state index contributed by atoms with van der Waals surface area (Å²) in [6.07, 6.45) is 0. The average molecular weight is 367 g/mol. The van der Waals surface area contributed by atoms with Gasteiger partial charge in [0.2, 0.25) is 5.91 Å². The van der Waals surface area contributed by atoms with Gasteiger partial charge < -0.3 is 5.32 Å². The molecule has 0 aliphatic carbocycles. The van der Waals surface area contributed by atoms with E-state index in [4.69, 9.17) is 0 Å². The second kappa shape index (κ2) is 7.74. The standard InChI is InChI=1S/C20H21N3O2S/c1-4-21-18(24)12-26-20-22-16-8-6-5-7-15(16)19(25)23(20)17-10-9-13(2)11-14(17)3/h5-11H,4,12H2,1-3H3,(H,21,24). The largest absolute Gasteiger partial charge is 0.356 e. The zero-order valence-electron chi connectivity index (χ0n) is 15.1. The molecule has 3 aromatic rings. The first-order valence-corrected chi connectivity index (χ1v) is 9.48. The molecule has 26 heavy (non-hydrogen) atoms. The lowest BCUT2D eigenvalue weighted by molar-refractivity contribution is -0.118. The fourth-order valence-electron chi connectivity index (χ4n) is 2.86. The summed E-state index contributed by atoms with van der Waals surface area (Å²) in [4.78, 5) is 29.7. The lowest BCUT2D eigenvalue weighted by Crippen LogP contribution is -2.26. The van der Waals surface area contributed by atoms with Crippen LogP contribution in [0.3, 0.4) is 0 Å². The van der Waals surface area contributed by atoms with Crippen molar-refractivity contribution in [3.63, 3.8) is 0 Å². The second-order valence-corrected chi connectivity index (χ2v) is 7.03. The highest BCUT2D eigenvalue weighted by atomic mass is 32.2. The van der Waals surface area contributed by atoms with Crippen molar-refractivity contribution in [1.82, 2.24) is 14.9 Å². The SMILES string of the molecule is CCNC(=O)CSc1nc2ccccc2c(=O)n1-c1ccc(C)cc1C. The van der Waals surface area contributed by atoms with Gasteiger partial charge in [0, 0.05) is 6.54 Å². The molecule has 0 aliphatic rings. The van der Waals surface area contributed by atoms with Crippen LogP contribution in [0.15, 0.2) is 52.4 Å². The molecule has 0 saturated carbocycles. The first-order chi connectivity index (χ1) is 12.5. The maximum atomic E-state index is 13.2. The summed E-state index contributed by atoms with van der Waals surface area (Å²) < 4.78 is 1.61. The van der Waals surface area contributed by atoms with Gasteiger partial charge in [0.1, 0.15) is 0 Å². The van der Waals surface area contributed by atoms with Gasteiger partial charge in [-0.25, -0.2) is 4.98 Å². The quantitative estimate of drug-likeness (QED) is 0.555. The Morgan fingerprint density at radius 3 is 2.69 bits per heavy atom. The Morgan fingerprint density at radius 2 is 1.96 bits per heavy atom. The summed E-state index contributed by atoms with van der Waals surface area (Å²) in [7, 11) is 0. The van der Waals surface area contributed by atoms with Gasteiger partial charge in [-0.05, 0) is 44.5 Å². The van der Waals surface area contributed by atoms with Crippen molar-refractivity contribution in [3.05, 3.63) is 63.9 Å². The fourth-order valence-corrected chi connectivity index (χ4v) is 3.69. The molecular formula is C20H21N3O2S. The number of para-hydroxylation sites is 1. The molecule has 134 valence electrons. The number of thioether (sulfide) groups is 1. The highest BCUT2D eigenvalue weighted by Gasteiger charge is 2.15. The van der Waals surface area contributed by atoms with E-state index in [9.17, 15) is 9.59 Å². The maximum absolute atomic E-state index is 13.2. The monoisotopic (exact) mass is 367 g/mol. The van der Waals surface area contributed by atoms with Gasteiger partial charge in [-0.2, -0.15) is 0 Å². The highest BCUT2D eigenvalue weighted by Crippen LogP contribution is 2.23. The first-order valence-electron chi connectivity index (χ1n) is 8.50. The van der Waals surface area contributed by atoms with Crippen molar-refractivity contribution in [2.45, 2.75) is 25.9 Å². The molecule has 0 aliphatic heterocycles. The van der Waals surface area contributed by atoms with Crippen LogP contribution in [0.25, 0.3) is 16.6 Å². The highest BCUT2D eigenvalue weighted by molar-refractivity contribution is 7.99. The number of carbonyl (C=O) groups excluding carboxylic acids is 1. The van der Waals surface area contributed by atoms with Crippen LogP contribution in [0.5, 0.6) is 0 Å². The molecule has 6 heteroatoms. The number of amides is 1. The summed E-state index contributed by atoms with van der Waals surface area (Å²) in [6.45, 7) is 6.45. The second-order valence-electron chi connectivity index (χ2n) is 6.08. The number of nitrogens with zero attached hydrogens (tertiary/aromatic N) is 2. The van der Waals surface area contributed by atoms with Crippen molar-refractivity contribution in [2.75, 3.05) is 12.3 Å². The summed E-state index contributed by atoms with van der Waals surface area (Å²) in [6, 6.07) is 13.2. The summed E-state index contributed by atoms with van der Waals surface area (Å²) in [5, 5.41) is 3.86. The third-order valence-corrected chi connectivity index (χ3v) is 4.98. The summed E-state index contributed by atoms with van der Waals surface area (Å²) in [5.41, 5.74) is 3.42. The number of carbonyl (C=O) groups is 1. The van der Waals surface area contributed by atoms with Gasteiger partial charge >= 0.3 is 0 Å². The number of benzene rings is 2. The van der Waals surface area contributed by atoms with E-state index in [0.717, 1.165) is 16.8 Å². The number of rotatable bonds is 5. The Morgan fingerprint density at radius 1 is 1.19 bits per heavy atom. The molecule has 0 radical (unpaired) electrons. The number of hydrogen-bond donors (Lipinski definition) is 1. The van der Waals surface area contributed by atoms with Crippen molar-refractivity contribution >= 4 is 28.6 Å². The fraction of sp³-hybridized carbons (Fsp3) is 0.250. The van der Waals surface area contributed by atoms with Crippen molar-refractivity contribution in [1.29, 1.82) is 0 Å². The normalized spacial score (nSPS) is 10.9. The zero-order chi connectivity index (χ0) is 18.7. The Labute approximate surface area is 156 Å². The molecular weight excluding hydrogens is 346 g/mol. The predicted octanol–water partition coefficient (Wildman–Crippen LogP) is 3.23. The van der Waals surface area contributed by atoms with E-state index in [2.05, 4.69) is 10.3 Å². The van der Waals surface area contributed by atoms with Crippen LogP contribution in [0.2, 0.25) is 0 Å². The maximum Gasteiger partial charge on any atom is 0.266 e. The molecule has 1 heterocycles. The van der Waals surface area contributed by atoms with Crippen LogP contribution < -0.4 is 10.9 Å². The topological polar surface area (TPSA) is 64.0 Å². The number of aryl methyl sites for hydroxylation is 2. The minimum atomic E-state index is -0.124. The molecule has 0 unspecified atom stereocenters. The van der Waals surface area contributed by atoms with Crippen LogP contribution in [-0.4, -0.2) is 27.8 Å². The van der Waals surface area contributed by atoms with E-state index in [1.54, 1.807) is 10.6 Å². The van der Waals surface area contributed by atoms with E-state index < -0.39 is 0 Å². The Bertz CT molecular complexity index is 1030. The van der Waals surface area contributed by atoms with E-state index in [0.29, 0.717) is 22.6 Å². The van der Waals surface area contributed by atoms with Gasteiger partial charge in [-0.15, -0.1) is 0 Å². The average Bonchev–Trinajstić information content (AvgIpc) is 2.61. The van der Waals surface area contributed by atoms with Crippen LogP contribution in [0.1, 0.15) is 18.1 Å². The van der Waals surface area contributed by atoms with Gasteiger partial charge in [-0.3, -0.25) is 14.2 Å². The van der Waals surface area contributed by atoms with E-state index >= 15 is 0 Å². The Kier molecular flexibility index (Phi) is 5.42. The van der Waals surface area contributed by atoms with Crippen LogP contribution in [-0.2, 0) is 4.79 Å². The van der Waals surface area contributed by atoms with E-state index in [-0.39, 0.29) is 17.2 Å². The van der Waals surface area contributed by atoms with Gasteiger partial charge in [-0.1, -0.05) is 41.6 Å². The van der Waals surface area contributed by atoms with Crippen molar-refractivity contribution in [2.24, 2.45) is 0 Å². The molecule has 0 bridgehead atoms. The van der Waals surface area contributed by atoms with Crippen molar-refractivity contribution < 1.29 is 4.79 Å². The molecule has 0 fully saturated rings. The molecule has 1 N–H and O–H groups in total. The number of nitrogens with one attached hydrogen (secondary N) is 1. The zero-order valence-corrected chi connectivity index (χ0v) is 15.9. The van der Waals surface area contributed by atoms with E-state index in [1.165, 1.54) is 11.8 Å². The molecule has 5 nitrogen and oxygen atoms in total. The number of fused-ring (bicyclic) bond motifs is 1. The van der Waals surface area contributed by atoms with Gasteiger partial charge in [0.25, 0.3) is 5.56 Å². The Balaban J connectivity index is 2.17. The molecule has 2 aromatic carbocycles. The lowest BCUT2D eigenvalue weighted by Gasteiger charge is -2.15. The van der Waals surface area contributed by atoms with Crippen LogP contribution in [0, 0.1) is 13.8 Å². The van der Waals surface area contributed by atoms with Gasteiger partial charge in [0.15, 0.2) is 5.16 Å². The molecule has 0 atom stereocenters. The van der Waals surface area contributed by atoms with Crippen LogP contribution in [0.4, 0.5) is 0 Å². The number of aromatic nitrogens is 2. The first kappa shape index (κ1) is 18.2. The number of hydrogen-bond acceptors (Lipinski definition) is 4. The van der Waals surface area contributed by atoms with Gasteiger partial charge in [0.05, 0.1) is 22.3 Å². The minimum Gasteiger partial charge on any atom is -0.356 e. The van der Waals surface area contributed by atoms with E-state index in [1.807, 2.05) is 57.2 Å².